The Morgan fingerprint density at radius 2 is 1.52 bits per heavy atom. The van der Waals surface area contributed by atoms with Crippen LogP contribution in [0.5, 0.6) is 0 Å². The van der Waals surface area contributed by atoms with Crippen molar-refractivity contribution < 1.29 is 0 Å². The molecule has 0 aliphatic heterocycles. The highest BCUT2D eigenvalue weighted by Gasteiger charge is 2.13. The lowest BCUT2D eigenvalue weighted by Gasteiger charge is -2.18. The molecule has 0 saturated carbocycles. The van der Waals surface area contributed by atoms with Gasteiger partial charge in [0.15, 0.2) is 5.96 Å². The van der Waals surface area contributed by atoms with Crippen LogP contribution in [0.1, 0.15) is 36.8 Å². The summed E-state index contributed by atoms with van der Waals surface area (Å²) in [5.74, 6) is 1.11. The van der Waals surface area contributed by atoms with Crippen molar-refractivity contribution in [2.45, 2.75) is 32.2 Å². The summed E-state index contributed by atoms with van der Waals surface area (Å²) in [7, 11) is 0. The maximum Gasteiger partial charge on any atom is 0.191 e. The van der Waals surface area contributed by atoms with E-state index >= 15 is 0 Å². The fourth-order valence-corrected chi connectivity index (χ4v) is 3.26. The Balaban J connectivity index is 1.58. The van der Waals surface area contributed by atoms with Crippen LogP contribution in [0.25, 0.3) is 0 Å². The first-order valence-corrected chi connectivity index (χ1v) is 10.3. The van der Waals surface area contributed by atoms with Gasteiger partial charge in [0.1, 0.15) is 12.7 Å². The van der Waals surface area contributed by atoms with Crippen LogP contribution in [-0.4, -0.2) is 40.4 Å². The number of nitrogens with one attached hydrogen (secondary N) is 2. The van der Waals surface area contributed by atoms with Crippen molar-refractivity contribution in [2.24, 2.45) is 4.99 Å². The highest BCUT2D eigenvalue weighted by Crippen LogP contribution is 2.24. The van der Waals surface area contributed by atoms with E-state index in [-0.39, 0.29) is 5.92 Å². The maximum absolute atomic E-state index is 4.88. The minimum absolute atomic E-state index is 0.238. The summed E-state index contributed by atoms with van der Waals surface area (Å²) in [4.78, 5) is 4.88. The minimum Gasteiger partial charge on any atom is -0.357 e. The second-order valence-corrected chi connectivity index (χ2v) is 6.93. The van der Waals surface area contributed by atoms with Crippen molar-refractivity contribution in [3.63, 3.8) is 0 Å². The van der Waals surface area contributed by atoms with Crippen molar-refractivity contribution >= 4 is 5.96 Å². The fourth-order valence-electron chi connectivity index (χ4n) is 3.26. The van der Waals surface area contributed by atoms with Gasteiger partial charge >= 0.3 is 0 Å². The molecule has 0 atom stereocenters. The van der Waals surface area contributed by atoms with Crippen LogP contribution in [-0.2, 0) is 6.54 Å². The topological polar surface area (TPSA) is 67.1 Å². The number of hydrogen-bond donors (Lipinski definition) is 2. The van der Waals surface area contributed by atoms with Gasteiger partial charge in [0.25, 0.3) is 0 Å². The molecular formula is C23H30N6. The Labute approximate surface area is 173 Å². The summed E-state index contributed by atoms with van der Waals surface area (Å²) in [6.07, 6.45) is 5.64. The molecule has 0 bridgehead atoms. The third-order valence-electron chi connectivity index (χ3n) is 4.78. The molecule has 0 aliphatic rings. The molecule has 0 saturated heterocycles. The van der Waals surface area contributed by atoms with Crippen molar-refractivity contribution in [1.29, 1.82) is 0 Å². The van der Waals surface area contributed by atoms with Gasteiger partial charge in [-0.25, -0.2) is 0 Å². The summed E-state index contributed by atoms with van der Waals surface area (Å²) in [6, 6.07) is 21.2. The molecule has 29 heavy (non-hydrogen) atoms. The first-order chi connectivity index (χ1) is 14.4. The quantitative estimate of drug-likeness (QED) is 0.316. The lowest BCUT2D eigenvalue weighted by Crippen LogP contribution is -2.38. The molecule has 1 aromatic heterocycles. The van der Waals surface area contributed by atoms with Crippen LogP contribution < -0.4 is 10.6 Å². The van der Waals surface area contributed by atoms with E-state index in [9.17, 15) is 0 Å². The Kier molecular flexibility index (Phi) is 8.26. The first kappa shape index (κ1) is 20.6. The summed E-state index contributed by atoms with van der Waals surface area (Å²) in [5, 5.41) is 14.5. The highest BCUT2D eigenvalue weighted by molar-refractivity contribution is 5.79. The molecule has 3 rings (SSSR count). The van der Waals surface area contributed by atoms with Crippen LogP contribution in [0, 0.1) is 0 Å². The number of hydrogen-bond acceptors (Lipinski definition) is 3. The Morgan fingerprint density at radius 3 is 2.10 bits per heavy atom. The lowest BCUT2D eigenvalue weighted by atomic mass is 9.91. The maximum atomic E-state index is 4.88. The minimum atomic E-state index is 0.238. The van der Waals surface area contributed by atoms with Crippen molar-refractivity contribution in [1.82, 2.24) is 25.4 Å². The summed E-state index contributed by atoms with van der Waals surface area (Å²) in [6.45, 7) is 5.45. The van der Waals surface area contributed by atoms with Crippen LogP contribution >= 0.6 is 0 Å². The monoisotopic (exact) mass is 390 g/mol. The highest BCUT2D eigenvalue weighted by atomic mass is 15.2. The van der Waals surface area contributed by atoms with E-state index < -0.39 is 0 Å². The summed E-state index contributed by atoms with van der Waals surface area (Å²) in [5.41, 5.74) is 2.57. The molecule has 2 N–H and O–H groups in total. The Hall–Kier alpha value is -3.15. The van der Waals surface area contributed by atoms with Crippen molar-refractivity contribution in [2.75, 3.05) is 19.6 Å². The van der Waals surface area contributed by atoms with Gasteiger partial charge in [-0.05, 0) is 30.9 Å². The molecule has 6 nitrogen and oxygen atoms in total. The standard InChI is InChI=1S/C23H30N6/c1-2-24-23(25-15-9-10-16-29-18-27-28-19-29)26-17-22(20-11-5-3-6-12-20)21-13-7-4-8-14-21/h3-8,11-14,18-19,22H,2,9-10,15-17H2,1H3,(H2,24,25,26). The number of aryl methyl sites for hydroxylation is 1. The molecule has 0 radical (unpaired) electrons. The number of guanidine groups is 1. The molecule has 0 aliphatic carbocycles. The first-order valence-electron chi connectivity index (χ1n) is 10.3. The zero-order valence-corrected chi connectivity index (χ0v) is 17.0. The number of unbranched alkanes of at least 4 members (excludes halogenated alkanes) is 1. The molecule has 1 heterocycles. The van der Waals surface area contributed by atoms with Gasteiger partial charge in [-0.2, -0.15) is 0 Å². The molecule has 152 valence electrons. The zero-order chi connectivity index (χ0) is 20.2. The average Bonchev–Trinajstić information content (AvgIpc) is 3.29. The molecule has 0 fully saturated rings. The van der Waals surface area contributed by atoms with Crippen LogP contribution in [0.4, 0.5) is 0 Å². The third-order valence-corrected chi connectivity index (χ3v) is 4.78. The molecule has 0 spiro atoms. The van der Waals surface area contributed by atoms with Crippen LogP contribution in [0.2, 0.25) is 0 Å². The van der Waals surface area contributed by atoms with Crippen molar-refractivity contribution in [3.8, 4) is 0 Å². The van der Waals surface area contributed by atoms with E-state index in [2.05, 4.69) is 88.4 Å². The summed E-state index contributed by atoms with van der Waals surface area (Å²) < 4.78 is 2.00. The normalized spacial score (nSPS) is 11.6. The number of aromatic nitrogens is 3. The Morgan fingerprint density at radius 1 is 0.897 bits per heavy atom. The van der Waals surface area contributed by atoms with Crippen LogP contribution in [0.3, 0.4) is 0 Å². The predicted molar refractivity (Wildman–Crippen MR) is 118 cm³/mol. The molecule has 2 aromatic carbocycles. The van der Waals surface area contributed by atoms with Crippen molar-refractivity contribution in [3.05, 3.63) is 84.4 Å². The number of nitrogens with zero attached hydrogens (tertiary/aromatic N) is 4. The SMILES string of the molecule is CCNC(=NCC(c1ccccc1)c1ccccc1)NCCCCn1cnnc1. The number of benzene rings is 2. The van der Waals surface area contributed by atoms with E-state index in [0.29, 0.717) is 6.54 Å². The second kappa shape index (κ2) is 11.6. The smallest absolute Gasteiger partial charge is 0.191 e. The Bertz CT molecular complexity index is 791. The number of rotatable bonds is 10. The van der Waals surface area contributed by atoms with Crippen LogP contribution in [0.15, 0.2) is 78.3 Å². The zero-order valence-electron chi connectivity index (χ0n) is 17.0. The van der Waals surface area contributed by atoms with Gasteiger partial charge in [-0.3, -0.25) is 4.99 Å². The molecular weight excluding hydrogens is 360 g/mol. The van der Waals surface area contributed by atoms with Gasteiger partial charge in [0.2, 0.25) is 0 Å². The largest absolute Gasteiger partial charge is 0.357 e. The summed E-state index contributed by atoms with van der Waals surface area (Å²) >= 11 is 0. The molecule has 3 aromatic rings. The van der Waals surface area contributed by atoms with E-state index in [1.807, 2.05) is 4.57 Å². The van der Waals surface area contributed by atoms with E-state index in [4.69, 9.17) is 4.99 Å². The van der Waals surface area contributed by atoms with Gasteiger partial charge in [-0.1, -0.05) is 60.7 Å². The van der Waals surface area contributed by atoms with Gasteiger partial charge in [0.05, 0.1) is 6.54 Å². The molecule has 0 amide bonds. The van der Waals surface area contributed by atoms with Gasteiger partial charge < -0.3 is 15.2 Å². The van der Waals surface area contributed by atoms with E-state index in [1.165, 1.54) is 11.1 Å². The molecule has 6 heteroatoms. The average molecular weight is 391 g/mol. The molecule has 0 unspecified atom stereocenters. The van der Waals surface area contributed by atoms with E-state index in [0.717, 1.165) is 38.4 Å². The predicted octanol–water partition coefficient (Wildman–Crippen LogP) is 3.45. The van der Waals surface area contributed by atoms with Gasteiger partial charge in [0, 0.05) is 25.6 Å². The second-order valence-electron chi connectivity index (χ2n) is 6.93. The van der Waals surface area contributed by atoms with Gasteiger partial charge in [-0.15, -0.1) is 10.2 Å². The lowest BCUT2D eigenvalue weighted by molar-refractivity contribution is 0.597. The van der Waals surface area contributed by atoms with E-state index in [1.54, 1.807) is 12.7 Å². The number of aliphatic imine (C=N–C) groups is 1. The fraction of sp³-hybridized carbons (Fsp3) is 0.348. The third kappa shape index (κ3) is 6.75.